The van der Waals surface area contributed by atoms with Crippen molar-refractivity contribution < 1.29 is 18.8 Å². The fourth-order valence-corrected chi connectivity index (χ4v) is 3.77. The minimum atomic E-state index is -0.585. The highest BCUT2D eigenvalue weighted by atomic mass is 35.5. The van der Waals surface area contributed by atoms with Crippen molar-refractivity contribution in [1.82, 2.24) is 14.9 Å². The van der Waals surface area contributed by atoms with Gasteiger partial charge in [-0.2, -0.15) is 5.10 Å². The molecule has 4 rings (SSSR count). The maximum Gasteiger partial charge on any atom is 0.348 e. The molecule has 3 heterocycles. The summed E-state index contributed by atoms with van der Waals surface area (Å²) in [7, 11) is 0. The van der Waals surface area contributed by atoms with Crippen molar-refractivity contribution in [1.29, 1.82) is 0 Å². The van der Waals surface area contributed by atoms with E-state index in [1.807, 2.05) is 19.1 Å². The molecule has 8 nitrogen and oxygen atoms in total. The van der Waals surface area contributed by atoms with Crippen LogP contribution in [0.3, 0.4) is 0 Å². The molecule has 0 saturated heterocycles. The molecule has 10 heteroatoms. The van der Waals surface area contributed by atoms with Crippen LogP contribution in [0.1, 0.15) is 15.4 Å². The molecular weight excluding hydrogens is 404 g/mol. The maximum absolute atomic E-state index is 12.3. The Balaban J connectivity index is 1.51. The number of thiophene rings is 1. The fraction of sp³-hybridized carbons (Fsp3) is 0.111. The van der Waals surface area contributed by atoms with Crippen molar-refractivity contribution in [2.24, 2.45) is 0 Å². The lowest BCUT2D eigenvalue weighted by atomic mass is 10.3. The van der Waals surface area contributed by atoms with Crippen LogP contribution in [-0.4, -0.2) is 33.4 Å². The van der Waals surface area contributed by atoms with Gasteiger partial charge in [-0.05, 0) is 37.3 Å². The summed E-state index contributed by atoms with van der Waals surface area (Å²) in [4.78, 5) is 25.3. The van der Waals surface area contributed by atoms with E-state index in [4.69, 9.17) is 16.3 Å². The number of halogens is 1. The Morgan fingerprint density at radius 3 is 2.79 bits per heavy atom. The molecule has 4 aromatic rings. The molecule has 0 atom stereocenters. The van der Waals surface area contributed by atoms with E-state index >= 15 is 0 Å². The molecule has 0 unspecified atom stereocenters. The van der Waals surface area contributed by atoms with Crippen molar-refractivity contribution in [2.45, 2.75) is 6.92 Å². The number of carbonyl (C=O) groups is 2. The second-order valence-corrected chi connectivity index (χ2v) is 7.28. The molecule has 0 radical (unpaired) electrons. The van der Waals surface area contributed by atoms with Crippen molar-refractivity contribution >= 4 is 50.8 Å². The second kappa shape index (κ2) is 7.45. The van der Waals surface area contributed by atoms with Crippen molar-refractivity contribution in [3.8, 4) is 5.69 Å². The largest absolute Gasteiger partial charge is 0.451 e. The van der Waals surface area contributed by atoms with Crippen LogP contribution in [-0.2, 0) is 9.53 Å². The molecule has 1 aromatic carbocycles. The first kappa shape index (κ1) is 18.2. The van der Waals surface area contributed by atoms with E-state index in [0.717, 1.165) is 21.6 Å². The number of esters is 1. The Morgan fingerprint density at radius 2 is 2.07 bits per heavy atom. The molecule has 0 aliphatic rings. The molecule has 1 amide bonds. The molecule has 0 aliphatic heterocycles. The van der Waals surface area contributed by atoms with Crippen LogP contribution in [0.5, 0.6) is 0 Å². The monoisotopic (exact) mass is 416 g/mol. The Hall–Kier alpha value is -3.17. The van der Waals surface area contributed by atoms with Gasteiger partial charge in [0.15, 0.2) is 12.4 Å². The van der Waals surface area contributed by atoms with E-state index in [0.29, 0.717) is 9.90 Å². The first-order valence-electron chi connectivity index (χ1n) is 8.14. The molecule has 0 bridgehead atoms. The third-order valence-electron chi connectivity index (χ3n) is 3.86. The number of nitrogens with zero attached hydrogens (tertiary/aromatic N) is 3. The first-order chi connectivity index (χ1) is 13.5. The number of ether oxygens (including phenoxy) is 1. The van der Waals surface area contributed by atoms with E-state index < -0.39 is 18.5 Å². The van der Waals surface area contributed by atoms with Gasteiger partial charge in [-0.25, -0.2) is 9.48 Å². The normalized spacial score (nSPS) is 10.9. The number of benzene rings is 1. The molecule has 0 aliphatic carbocycles. The quantitative estimate of drug-likeness (QED) is 0.496. The maximum atomic E-state index is 12.3. The summed E-state index contributed by atoms with van der Waals surface area (Å²) >= 11 is 7.19. The van der Waals surface area contributed by atoms with Gasteiger partial charge < -0.3 is 14.6 Å². The van der Waals surface area contributed by atoms with Crippen LogP contribution in [0, 0.1) is 6.92 Å². The minimum absolute atomic E-state index is 0.251. The molecule has 0 saturated carbocycles. The number of carbonyl (C=O) groups excluding carboxylic acids is 2. The number of amides is 1. The highest BCUT2D eigenvalue weighted by Crippen LogP contribution is 2.31. The molecule has 28 heavy (non-hydrogen) atoms. The third-order valence-corrected chi connectivity index (χ3v) is 5.20. The van der Waals surface area contributed by atoms with Crippen LogP contribution in [0.2, 0.25) is 5.02 Å². The van der Waals surface area contributed by atoms with Gasteiger partial charge >= 0.3 is 5.97 Å². The smallest absolute Gasteiger partial charge is 0.348 e. The van der Waals surface area contributed by atoms with E-state index in [1.165, 1.54) is 23.7 Å². The van der Waals surface area contributed by atoms with Crippen LogP contribution in [0.25, 0.3) is 15.9 Å². The SMILES string of the molecule is Cc1nn(-c2ccc(Cl)cc2)c2sc(C(=O)OCC(=O)Nc3ccon3)cc12. The predicted octanol–water partition coefficient (Wildman–Crippen LogP) is 3.83. The minimum Gasteiger partial charge on any atom is -0.451 e. The highest BCUT2D eigenvalue weighted by molar-refractivity contribution is 7.20. The number of aromatic nitrogens is 3. The van der Waals surface area contributed by atoms with Crippen molar-refractivity contribution in [2.75, 3.05) is 11.9 Å². The topological polar surface area (TPSA) is 99.2 Å². The predicted molar refractivity (Wildman–Crippen MR) is 104 cm³/mol. The molecule has 0 spiro atoms. The number of hydrogen-bond acceptors (Lipinski definition) is 7. The number of rotatable bonds is 5. The summed E-state index contributed by atoms with van der Waals surface area (Å²) in [5.74, 6) is -0.841. The Labute approximate surface area is 167 Å². The van der Waals surface area contributed by atoms with Gasteiger partial charge in [0.25, 0.3) is 5.91 Å². The molecule has 1 N–H and O–H groups in total. The number of hydrogen-bond donors (Lipinski definition) is 1. The molecular formula is C18H13ClN4O4S. The lowest BCUT2D eigenvalue weighted by Crippen LogP contribution is -2.20. The Bertz CT molecular complexity index is 1150. The van der Waals surface area contributed by atoms with Crippen molar-refractivity contribution in [3.63, 3.8) is 0 Å². The summed E-state index contributed by atoms with van der Waals surface area (Å²) in [6.07, 6.45) is 1.32. The first-order valence-corrected chi connectivity index (χ1v) is 9.33. The Morgan fingerprint density at radius 1 is 1.29 bits per heavy atom. The lowest BCUT2D eigenvalue weighted by Gasteiger charge is -2.03. The van der Waals surface area contributed by atoms with Gasteiger partial charge in [-0.15, -0.1) is 11.3 Å². The summed E-state index contributed by atoms with van der Waals surface area (Å²) in [5.41, 5.74) is 1.61. The summed E-state index contributed by atoms with van der Waals surface area (Å²) < 4.78 is 11.5. The summed E-state index contributed by atoms with van der Waals surface area (Å²) in [6.45, 7) is 1.43. The zero-order valence-electron chi connectivity index (χ0n) is 14.5. The van der Waals surface area contributed by atoms with Crippen LogP contribution < -0.4 is 5.32 Å². The Kier molecular flexibility index (Phi) is 4.84. The molecule has 0 fully saturated rings. The lowest BCUT2D eigenvalue weighted by molar-refractivity contribution is -0.119. The highest BCUT2D eigenvalue weighted by Gasteiger charge is 2.19. The average Bonchev–Trinajstić information content (AvgIpc) is 3.39. The number of anilines is 1. The van der Waals surface area contributed by atoms with Crippen LogP contribution in [0.4, 0.5) is 5.82 Å². The standard InChI is InChI=1S/C18H13ClN4O4S/c1-10-13-8-14(18(25)26-9-16(24)20-15-6-7-27-22-15)28-17(13)23(21-10)12-4-2-11(19)3-5-12/h2-8H,9H2,1H3,(H,20,22,24). The van der Waals surface area contributed by atoms with E-state index in [2.05, 4.69) is 20.1 Å². The summed E-state index contributed by atoms with van der Waals surface area (Å²) in [5, 5.41) is 12.0. The number of aryl methyl sites for hydroxylation is 1. The molecule has 3 aromatic heterocycles. The number of nitrogens with one attached hydrogen (secondary N) is 1. The van der Waals surface area contributed by atoms with Gasteiger partial charge in [-0.3, -0.25) is 4.79 Å². The van der Waals surface area contributed by atoms with E-state index in [1.54, 1.807) is 22.9 Å². The zero-order valence-corrected chi connectivity index (χ0v) is 16.1. The van der Waals surface area contributed by atoms with Gasteiger partial charge in [0.1, 0.15) is 16.0 Å². The van der Waals surface area contributed by atoms with Crippen LogP contribution >= 0.6 is 22.9 Å². The van der Waals surface area contributed by atoms with Crippen LogP contribution in [0.15, 0.2) is 47.2 Å². The third kappa shape index (κ3) is 3.62. The number of fused-ring (bicyclic) bond motifs is 1. The van der Waals surface area contributed by atoms with Crippen molar-refractivity contribution in [3.05, 3.63) is 58.3 Å². The second-order valence-electron chi connectivity index (χ2n) is 5.81. The van der Waals surface area contributed by atoms with Gasteiger partial charge in [0.2, 0.25) is 0 Å². The van der Waals surface area contributed by atoms with Gasteiger partial charge in [-0.1, -0.05) is 16.8 Å². The van der Waals surface area contributed by atoms with E-state index in [-0.39, 0.29) is 5.82 Å². The fourth-order valence-electron chi connectivity index (χ4n) is 2.56. The van der Waals surface area contributed by atoms with Gasteiger partial charge in [0.05, 0.1) is 11.4 Å². The van der Waals surface area contributed by atoms with E-state index in [9.17, 15) is 9.59 Å². The van der Waals surface area contributed by atoms with Gasteiger partial charge in [0, 0.05) is 16.5 Å². The zero-order chi connectivity index (χ0) is 19.7. The molecule has 142 valence electrons. The summed E-state index contributed by atoms with van der Waals surface area (Å²) in [6, 6.07) is 10.4. The average molecular weight is 417 g/mol.